The number of hydrogen-bond donors (Lipinski definition) is 2. The van der Waals surface area contributed by atoms with Crippen molar-refractivity contribution in [3.05, 3.63) is 11.5 Å². The summed E-state index contributed by atoms with van der Waals surface area (Å²) in [5, 5.41) is 3.55. The normalized spacial score (nSPS) is 11.0. The molecule has 0 unspecified atom stereocenters. The van der Waals surface area contributed by atoms with Crippen LogP contribution in [-0.2, 0) is 0 Å². The Kier molecular flexibility index (Phi) is 13.4. The minimum absolute atomic E-state index is 0.318. The maximum atomic E-state index is 5.87. The first kappa shape index (κ1) is 22.0. The van der Waals surface area contributed by atoms with E-state index in [-0.39, 0.29) is 0 Å². The van der Waals surface area contributed by atoms with Crippen LogP contribution in [0.3, 0.4) is 0 Å². The fourth-order valence-electron chi connectivity index (χ4n) is 3.04. The lowest BCUT2D eigenvalue weighted by molar-refractivity contribution is 0.537. The van der Waals surface area contributed by atoms with Gasteiger partial charge in [-0.05, 0) is 6.42 Å². The van der Waals surface area contributed by atoms with Crippen LogP contribution in [0, 0.1) is 0 Å². The number of halogens is 1. The molecule has 0 atom stereocenters. The number of unbranched alkanes of at least 4 members (excludes halogenated alkanes) is 13. The van der Waals surface area contributed by atoms with Crippen molar-refractivity contribution in [3.8, 4) is 0 Å². The summed E-state index contributed by atoms with van der Waals surface area (Å²) in [6.45, 7) is 3.16. The molecular formula is C20H37ClN4. The molecule has 1 aromatic rings. The fraction of sp³-hybridized carbons (Fsp3) is 0.800. The van der Waals surface area contributed by atoms with Gasteiger partial charge in [-0.25, -0.2) is 9.97 Å². The third-order valence-electron chi connectivity index (χ3n) is 4.66. The molecule has 1 aromatic heterocycles. The van der Waals surface area contributed by atoms with Crippen LogP contribution in [0.15, 0.2) is 6.33 Å². The van der Waals surface area contributed by atoms with E-state index in [1.54, 1.807) is 0 Å². The molecule has 0 aliphatic carbocycles. The third kappa shape index (κ3) is 11.2. The SMILES string of the molecule is CCCCCCCCCCCCCCCCNc1ncnc(Cl)c1N. The largest absolute Gasteiger partial charge is 0.393 e. The van der Waals surface area contributed by atoms with Gasteiger partial charge >= 0.3 is 0 Å². The molecule has 0 saturated heterocycles. The van der Waals surface area contributed by atoms with E-state index in [0.29, 0.717) is 16.7 Å². The number of nitrogens with two attached hydrogens (primary N) is 1. The summed E-state index contributed by atoms with van der Waals surface area (Å²) in [7, 11) is 0. The van der Waals surface area contributed by atoms with Crippen LogP contribution in [0.25, 0.3) is 0 Å². The Hall–Kier alpha value is -1.03. The average Bonchev–Trinajstić information content (AvgIpc) is 2.61. The van der Waals surface area contributed by atoms with Crippen molar-refractivity contribution in [2.24, 2.45) is 0 Å². The summed E-state index contributed by atoms with van der Waals surface area (Å²) >= 11 is 5.87. The van der Waals surface area contributed by atoms with Crippen LogP contribution in [0.1, 0.15) is 96.8 Å². The quantitative estimate of drug-likeness (QED) is 0.254. The fourth-order valence-corrected chi connectivity index (χ4v) is 3.17. The Balaban J connectivity index is 1.82. The summed E-state index contributed by atoms with van der Waals surface area (Å²) in [5.41, 5.74) is 6.26. The lowest BCUT2D eigenvalue weighted by atomic mass is 10.0. The van der Waals surface area contributed by atoms with E-state index in [4.69, 9.17) is 17.3 Å². The van der Waals surface area contributed by atoms with Gasteiger partial charge in [-0.2, -0.15) is 0 Å². The van der Waals surface area contributed by atoms with Crippen LogP contribution in [0.4, 0.5) is 11.5 Å². The molecule has 0 aliphatic heterocycles. The molecule has 25 heavy (non-hydrogen) atoms. The Morgan fingerprint density at radius 3 is 1.80 bits per heavy atom. The van der Waals surface area contributed by atoms with Crippen LogP contribution in [0.2, 0.25) is 5.15 Å². The summed E-state index contributed by atoms with van der Waals surface area (Å²) in [4.78, 5) is 7.96. The molecule has 0 amide bonds. The van der Waals surface area contributed by atoms with Crippen LogP contribution in [-0.4, -0.2) is 16.5 Å². The molecule has 0 radical (unpaired) electrons. The van der Waals surface area contributed by atoms with Crippen LogP contribution < -0.4 is 11.1 Å². The molecule has 5 heteroatoms. The highest BCUT2D eigenvalue weighted by Crippen LogP contribution is 2.21. The van der Waals surface area contributed by atoms with E-state index >= 15 is 0 Å². The van der Waals surface area contributed by atoms with Gasteiger partial charge in [-0.3, -0.25) is 0 Å². The van der Waals surface area contributed by atoms with E-state index < -0.39 is 0 Å². The molecule has 0 saturated carbocycles. The molecule has 0 bridgehead atoms. The van der Waals surface area contributed by atoms with Gasteiger partial charge in [0.15, 0.2) is 11.0 Å². The lowest BCUT2D eigenvalue weighted by Crippen LogP contribution is -2.07. The summed E-state index contributed by atoms with van der Waals surface area (Å²) in [6.07, 6.45) is 20.7. The smallest absolute Gasteiger partial charge is 0.157 e. The van der Waals surface area contributed by atoms with Gasteiger partial charge in [-0.15, -0.1) is 0 Å². The Morgan fingerprint density at radius 2 is 1.28 bits per heavy atom. The van der Waals surface area contributed by atoms with E-state index in [1.165, 1.54) is 89.8 Å². The summed E-state index contributed by atoms with van der Waals surface area (Å²) in [6, 6.07) is 0. The molecule has 4 nitrogen and oxygen atoms in total. The van der Waals surface area contributed by atoms with Crippen LogP contribution >= 0.6 is 11.6 Å². The Morgan fingerprint density at radius 1 is 0.800 bits per heavy atom. The van der Waals surface area contributed by atoms with Crippen molar-refractivity contribution in [3.63, 3.8) is 0 Å². The second-order valence-electron chi connectivity index (χ2n) is 6.95. The molecule has 144 valence electrons. The zero-order chi connectivity index (χ0) is 18.2. The highest BCUT2D eigenvalue weighted by molar-refractivity contribution is 6.32. The van der Waals surface area contributed by atoms with Crippen LogP contribution in [0.5, 0.6) is 0 Å². The predicted molar refractivity (Wildman–Crippen MR) is 110 cm³/mol. The van der Waals surface area contributed by atoms with Crippen molar-refractivity contribution in [1.29, 1.82) is 0 Å². The number of nitrogens with zero attached hydrogens (tertiary/aromatic N) is 2. The molecule has 0 spiro atoms. The van der Waals surface area contributed by atoms with E-state index in [9.17, 15) is 0 Å². The molecular weight excluding hydrogens is 332 g/mol. The topological polar surface area (TPSA) is 63.8 Å². The van der Waals surface area contributed by atoms with E-state index in [2.05, 4.69) is 22.2 Å². The summed E-state index contributed by atoms with van der Waals surface area (Å²) in [5.74, 6) is 0.648. The first-order valence-corrected chi connectivity index (χ1v) is 10.6. The molecule has 0 aliphatic rings. The van der Waals surface area contributed by atoms with Gasteiger partial charge < -0.3 is 11.1 Å². The van der Waals surface area contributed by atoms with Gasteiger partial charge in [0.2, 0.25) is 0 Å². The first-order valence-electron chi connectivity index (χ1n) is 10.3. The lowest BCUT2D eigenvalue weighted by Gasteiger charge is -2.08. The van der Waals surface area contributed by atoms with E-state index in [1.807, 2.05) is 0 Å². The van der Waals surface area contributed by atoms with Gasteiger partial charge in [0.05, 0.1) is 0 Å². The number of hydrogen-bond acceptors (Lipinski definition) is 4. The standard InChI is InChI=1S/C20H37ClN4/c1-2-3-4-5-6-7-8-9-10-11-12-13-14-15-16-23-20-18(22)19(21)24-17-25-20/h17H,2-16,22H2,1H3,(H,23,24,25). The maximum absolute atomic E-state index is 5.87. The van der Waals surface area contributed by atoms with Crippen molar-refractivity contribution >= 4 is 23.1 Å². The Bertz CT molecular complexity index is 440. The predicted octanol–water partition coefficient (Wildman–Crippen LogP) is 6.61. The second-order valence-corrected chi connectivity index (χ2v) is 7.31. The number of rotatable bonds is 16. The number of anilines is 2. The molecule has 0 aromatic carbocycles. The van der Waals surface area contributed by atoms with Crippen molar-refractivity contribution in [1.82, 2.24) is 9.97 Å². The highest BCUT2D eigenvalue weighted by atomic mass is 35.5. The molecule has 3 N–H and O–H groups in total. The molecule has 0 fully saturated rings. The minimum atomic E-state index is 0.318. The van der Waals surface area contributed by atoms with Gasteiger partial charge in [-0.1, -0.05) is 102 Å². The first-order chi connectivity index (χ1) is 12.3. The number of aromatic nitrogens is 2. The monoisotopic (exact) mass is 368 g/mol. The molecule has 1 rings (SSSR count). The number of nitrogens with one attached hydrogen (secondary N) is 1. The van der Waals surface area contributed by atoms with E-state index in [0.717, 1.165) is 13.0 Å². The van der Waals surface area contributed by atoms with Gasteiger partial charge in [0.25, 0.3) is 0 Å². The maximum Gasteiger partial charge on any atom is 0.157 e. The highest BCUT2D eigenvalue weighted by Gasteiger charge is 2.04. The van der Waals surface area contributed by atoms with Crippen molar-refractivity contribution in [2.45, 2.75) is 96.8 Å². The molecule has 1 heterocycles. The zero-order valence-corrected chi connectivity index (χ0v) is 16.8. The van der Waals surface area contributed by atoms with Gasteiger partial charge in [0, 0.05) is 6.54 Å². The van der Waals surface area contributed by atoms with Gasteiger partial charge in [0.1, 0.15) is 12.0 Å². The number of nitrogen functional groups attached to an aromatic ring is 1. The Labute approximate surface area is 159 Å². The van der Waals surface area contributed by atoms with Crippen molar-refractivity contribution in [2.75, 3.05) is 17.6 Å². The second kappa shape index (κ2) is 15.2. The average molecular weight is 369 g/mol. The van der Waals surface area contributed by atoms with Crippen molar-refractivity contribution < 1.29 is 0 Å². The third-order valence-corrected chi connectivity index (χ3v) is 4.96. The zero-order valence-electron chi connectivity index (χ0n) is 16.0. The summed E-state index contributed by atoms with van der Waals surface area (Å²) < 4.78 is 0. The minimum Gasteiger partial charge on any atom is -0.393 e.